The van der Waals surface area contributed by atoms with E-state index in [0.29, 0.717) is 0 Å². The van der Waals surface area contributed by atoms with E-state index in [1.54, 1.807) is 0 Å². The topological polar surface area (TPSA) is 26.3 Å². The normalized spacial score (nSPS) is 22.3. The average Bonchev–Trinajstić information content (AvgIpc) is 2.66. The van der Waals surface area contributed by atoms with E-state index in [1.165, 1.54) is 114 Å². The smallest absolute Gasteiger partial charge is 0.302 e. The maximum absolute atomic E-state index is 11.1. The lowest BCUT2D eigenvalue weighted by Crippen LogP contribution is -2.51. The van der Waals surface area contributed by atoms with Gasteiger partial charge in [-0.2, -0.15) is 0 Å². The first-order chi connectivity index (χ1) is 13.6. The predicted octanol–water partition coefficient (Wildman–Crippen LogP) is 7.03. The molecule has 28 heavy (non-hydrogen) atoms. The van der Waals surface area contributed by atoms with Gasteiger partial charge < -0.3 is 9.22 Å². The van der Waals surface area contributed by atoms with Crippen molar-refractivity contribution in [3.63, 3.8) is 0 Å². The molecular formula is C25H50NO2+. The minimum atomic E-state index is -0.122. The summed E-state index contributed by atoms with van der Waals surface area (Å²) in [5, 5.41) is 0. The number of nitrogens with zero attached hydrogens (tertiary/aromatic N) is 1. The van der Waals surface area contributed by atoms with Gasteiger partial charge in [0.1, 0.15) is 6.10 Å². The molecule has 0 amide bonds. The number of carbonyl (C=O) groups is 1. The summed E-state index contributed by atoms with van der Waals surface area (Å²) in [6.45, 7) is 7.44. The van der Waals surface area contributed by atoms with E-state index in [2.05, 4.69) is 14.0 Å². The van der Waals surface area contributed by atoms with E-state index >= 15 is 0 Å². The van der Waals surface area contributed by atoms with Gasteiger partial charge in [0, 0.05) is 19.8 Å². The van der Waals surface area contributed by atoms with Gasteiger partial charge in [-0.05, 0) is 12.8 Å². The second-order valence-electron chi connectivity index (χ2n) is 9.55. The highest BCUT2D eigenvalue weighted by molar-refractivity contribution is 5.66. The van der Waals surface area contributed by atoms with Gasteiger partial charge in [0.15, 0.2) is 0 Å². The fourth-order valence-electron chi connectivity index (χ4n) is 4.61. The van der Waals surface area contributed by atoms with Gasteiger partial charge in [0.05, 0.1) is 26.7 Å². The summed E-state index contributed by atoms with van der Waals surface area (Å²) in [6.07, 6.45) is 23.7. The van der Waals surface area contributed by atoms with Crippen molar-refractivity contribution >= 4 is 5.97 Å². The highest BCUT2D eigenvalue weighted by Crippen LogP contribution is 2.21. The van der Waals surface area contributed by atoms with Crippen LogP contribution >= 0.6 is 0 Å². The Bertz CT molecular complexity index is 375. The molecule has 0 bridgehead atoms. The summed E-state index contributed by atoms with van der Waals surface area (Å²) >= 11 is 0. The molecule has 1 aliphatic heterocycles. The van der Waals surface area contributed by atoms with Crippen molar-refractivity contribution in [1.82, 2.24) is 0 Å². The maximum Gasteiger partial charge on any atom is 0.302 e. The third kappa shape index (κ3) is 13.6. The minimum Gasteiger partial charge on any atom is -0.462 e. The summed E-state index contributed by atoms with van der Waals surface area (Å²) in [7, 11) is 2.38. The summed E-state index contributed by atoms with van der Waals surface area (Å²) in [5.74, 6) is -0.122. The van der Waals surface area contributed by atoms with Crippen LogP contribution in [0.3, 0.4) is 0 Å². The van der Waals surface area contributed by atoms with Crippen molar-refractivity contribution in [2.45, 2.75) is 129 Å². The lowest BCUT2D eigenvalue weighted by Gasteiger charge is -2.40. The quantitative estimate of drug-likeness (QED) is 0.150. The van der Waals surface area contributed by atoms with Crippen molar-refractivity contribution in [3.8, 4) is 0 Å². The van der Waals surface area contributed by atoms with Crippen molar-refractivity contribution in [2.24, 2.45) is 0 Å². The number of ether oxygens (including phenoxy) is 1. The van der Waals surface area contributed by atoms with Crippen molar-refractivity contribution in [2.75, 3.05) is 26.7 Å². The zero-order valence-electron chi connectivity index (χ0n) is 19.5. The van der Waals surface area contributed by atoms with Crippen LogP contribution in [-0.2, 0) is 9.53 Å². The number of hydrogen-bond acceptors (Lipinski definition) is 2. The molecule has 0 aliphatic carbocycles. The van der Waals surface area contributed by atoms with Crippen LogP contribution in [0.4, 0.5) is 0 Å². The van der Waals surface area contributed by atoms with Crippen molar-refractivity contribution in [1.29, 1.82) is 0 Å². The molecule has 3 heteroatoms. The first-order valence-electron chi connectivity index (χ1n) is 12.6. The Balaban J connectivity index is 1.83. The molecule has 0 atom stereocenters. The van der Waals surface area contributed by atoms with Crippen molar-refractivity contribution in [3.05, 3.63) is 0 Å². The zero-order chi connectivity index (χ0) is 20.5. The van der Waals surface area contributed by atoms with Crippen molar-refractivity contribution < 1.29 is 14.0 Å². The van der Waals surface area contributed by atoms with Gasteiger partial charge in [0.25, 0.3) is 0 Å². The predicted molar refractivity (Wildman–Crippen MR) is 121 cm³/mol. The van der Waals surface area contributed by atoms with Gasteiger partial charge in [-0.1, -0.05) is 90.4 Å². The van der Waals surface area contributed by atoms with Crippen LogP contribution in [0.15, 0.2) is 0 Å². The lowest BCUT2D eigenvalue weighted by atomic mass is 10.0. The molecule has 0 aromatic carbocycles. The van der Waals surface area contributed by atoms with E-state index < -0.39 is 0 Å². The molecule has 0 aromatic heterocycles. The molecule has 1 aliphatic rings. The van der Waals surface area contributed by atoms with Gasteiger partial charge >= 0.3 is 5.97 Å². The molecule has 166 valence electrons. The monoisotopic (exact) mass is 396 g/mol. The molecule has 0 aromatic rings. The average molecular weight is 397 g/mol. The number of unbranched alkanes of at least 4 members (excludes halogenated alkanes) is 14. The summed E-state index contributed by atoms with van der Waals surface area (Å²) in [6, 6.07) is 0. The first kappa shape index (κ1) is 25.5. The Morgan fingerprint density at radius 3 is 1.54 bits per heavy atom. The Kier molecular flexibility index (Phi) is 14.8. The molecule has 0 unspecified atom stereocenters. The Hall–Kier alpha value is -0.570. The van der Waals surface area contributed by atoms with E-state index in [-0.39, 0.29) is 12.1 Å². The minimum absolute atomic E-state index is 0.122. The van der Waals surface area contributed by atoms with Crippen LogP contribution in [0, 0.1) is 0 Å². The number of carbonyl (C=O) groups excluding carboxylic acids is 1. The summed E-state index contributed by atoms with van der Waals surface area (Å²) in [4.78, 5) is 11.1. The molecule has 0 saturated carbocycles. The van der Waals surface area contributed by atoms with Gasteiger partial charge in [0.2, 0.25) is 0 Å². The molecule has 1 saturated heterocycles. The number of esters is 1. The van der Waals surface area contributed by atoms with E-state index in [9.17, 15) is 4.79 Å². The van der Waals surface area contributed by atoms with Gasteiger partial charge in [-0.3, -0.25) is 4.79 Å². The fraction of sp³-hybridized carbons (Fsp3) is 0.960. The van der Waals surface area contributed by atoms with E-state index in [1.807, 2.05) is 0 Å². The highest BCUT2D eigenvalue weighted by atomic mass is 16.5. The SMILES string of the molecule is CCCCCCCCCCCCCCCCC[N+]1(C)CCC(OC(C)=O)CC1. The molecule has 0 N–H and O–H groups in total. The third-order valence-corrected chi connectivity index (χ3v) is 6.62. The molecule has 1 heterocycles. The Morgan fingerprint density at radius 1 is 0.750 bits per heavy atom. The van der Waals surface area contributed by atoms with E-state index in [4.69, 9.17) is 4.74 Å². The Morgan fingerprint density at radius 2 is 1.14 bits per heavy atom. The van der Waals surface area contributed by atoms with Crippen LogP contribution < -0.4 is 0 Å². The molecule has 0 radical (unpaired) electrons. The largest absolute Gasteiger partial charge is 0.462 e. The number of hydrogen-bond donors (Lipinski definition) is 0. The van der Waals surface area contributed by atoms with Crippen LogP contribution in [0.25, 0.3) is 0 Å². The number of piperidine rings is 1. The van der Waals surface area contributed by atoms with Crippen LogP contribution in [0.2, 0.25) is 0 Å². The number of quaternary nitrogens is 1. The maximum atomic E-state index is 11.1. The number of rotatable bonds is 17. The standard InChI is InChI=1S/C25H50NO2/c1-4-5-6-7-8-9-10-11-12-13-14-15-16-17-18-21-26(3)22-19-25(20-23-26)28-24(2)27/h25H,4-23H2,1-3H3/q+1. The van der Waals surface area contributed by atoms with E-state index in [0.717, 1.165) is 25.9 Å². The summed E-state index contributed by atoms with van der Waals surface area (Å²) in [5.41, 5.74) is 0. The fourth-order valence-corrected chi connectivity index (χ4v) is 4.61. The second-order valence-corrected chi connectivity index (χ2v) is 9.55. The summed E-state index contributed by atoms with van der Waals surface area (Å²) < 4.78 is 6.54. The van der Waals surface area contributed by atoms with Crippen LogP contribution in [0.5, 0.6) is 0 Å². The third-order valence-electron chi connectivity index (χ3n) is 6.62. The molecule has 1 rings (SSSR count). The second kappa shape index (κ2) is 16.3. The number of likely N-dealkylation sites (tertiary alicyclic amines) is 1. The van der Waals surface area contributed by atoms with Crippen LogP contribution in [0.1, 0.15) is 123 Å². The first-order valence-corrected chi connectivity index (χ1v) is 12.6. The zero-order valence-corrected chi connectivity index (χ0v) is 19.5. The highest BCUT2D eigenvalue weighted by Gasteiger charge is 2.30. The molecule has 0 spiro atoms. The van der Waals surface area contributed by atoms with Gasteiger partial charge in [-0.25, -0.2) is 0 Å². The Labute approximate surface area is 176 Å². The molecule has 3 nitrogen and oxygen atoms in total. The van der Waals surface area contributed by atoms with Gasteiger partial charge in [-0.15, -0.1) is 0 Å². The molecule has 1 fully saturated rings. The lowest BCUT2D eigenvalue weighted by molar-refractivity contribution is -0.915. The molecular weight excluding hydrogens is 346 g/mol. The van der Waals surface area contributed by atoms with Crippen LogP contribution in [-0.4, -0.2) is 43.2 Å².